The highest BCUT2D eigenvalue weighted by atomic mass is 35.5. The van der Waals surface area contributed by atoms with Crippen LogP contribution in [-0.4, -0.2) is 17.5 Å². The van der Waals surface area contributed by atoms with Gasteiger partial charge in [-0.15, -0.1) is 0 Å². The highest BCUT2D eigenvalue weighted by molar-refractivity contribution is 6.30. The molecule has 1 aliphatic rings. The number of pyridine rings is 1. The van der Waals surface area contributed by atoms with Crippen LogP contribution in [0, 0.1) is 0 Å². The van der Waals surface area contributed by atoms with Crippen molar-refractivity contribution in [1.82, 2.24) is 10.3 Å². The first-order chi connectivity index (χ1) is 10.1. The number of hydrogen-bond donors (Lipinski definition) is 1. The zero-order valence-corrected chi connectivity index (χ0v) is 12.3. The molecule has 5 heteroatoms. The van der Waals surface area contributed by atoms with E-state index >= 15 is 0 Å². The van der Waals surface area contributed by atoms with E-state index in [9.17, 15) is 4.79 Å². The van der Waals surface area contributed by atoms with Gasteiger partial charge in [0.15, 0.2) is 0 Å². The Hall–Kier alpha value is -2.07. The number of halogens is 1. The van der Waals surface area contributed by atoms with Crippen LogP contribution in [0.25, 0.3) is 0 Å². The second-order valence-electron chi connectivity index (χ2n) is 5.04. The number of benzene rings is 1. The Balaban J connectivity index is 1.71. The fourth-order valence-electron chi connectivity index (χ4n) is 2.36. The Labute approximate surface area is 128 Å². The van der Waals surface area contributed by atoms with E-state index in [-0.39, 0.29) is 17.9 Å². The molecule has 0 saturated heterocycles. The molecule has 1 aliphatic heterocycles. The molecule has 2 atom stereocenters. The van der Waals surface area contributed by atoms with Gasteiger partial charge in [-0.05, 0) is 36.8 Å². The van der Waals surface area contributed by atoms with Gasteiger partial charge in [0.05, 0.1) is 12.0 Å². The Morgan fingerprint density at radius 3 is 2.90 bits per heavy atom. The van der Waals surface area contributed by atoms with Crippen LogP contribution in [0.4, 0.5) is 0 Å². The first-order valence-electron chi connectivity index (χ1n) is 6.78. The second kappa shape index (κ2) is 5.74. The molecule has 2 heterocycles. The van der Waals surface area contributed by atoms with E-state index in [1.54, 1.807) is 18.3 Å². The third-order valence-corrected chi connectivity index (χ3v) is 3.89. The van der Waals surface area contributed by atoms with E-state index in [2.05, 4.69) is 10.3 Å². The molecule has 21 heavy (non-hydrogen) atoms. The molecule has 3 rings (SSSR count). The standard InChI is InChI=1S/C16H15ClN2O2/c1-10(11-4-6-12(17)7-5-11)15(20)19-14-9-21-16-13(14)3-2-8-18-16/h2-8,10,14H,9H2,1H3,(H,19,20)/t10-,14+/m1/s1. The molecule has 0 bridgehead atoms. The summed E-state index contributed by atoms with van der Waals surface area (Å²) < 4.78 is 5.47. The van der Waals surface area contributed by atoms with Crippen LogP contribution < -0.4 is 10.1 Å². The SMILES string of the molecule is C[C@@H](C(=O)N[C@H]1COc2ncccc21)c1ccc(Cl)cc1. The molecule has 0 unspecified atom stereocenters. The monoisotopic (exact) mass is 302 g/mol. The lowest BCUT2D eigenvalue weighted by Crippen LogP contribution is -2.32. The molecule has 1 N–H and O–H groups in total. The van der Waals surface area contributed by atoms with E-state index < -0.39 is 0 Å². The summed E-state index contributed by atoms with van der Waals surface area (Å²) in [5.74, 6) is 0.313. The fraction of sp³-hybridized carbons (Fsp3) is 0.250. The summed E-state index contributed by atoms with van der Waals surface area (Å²) in [6.07, 6.45) is 1.68. The summed E-state index contributed by atoms with van der Waals surface area (Å²) in [6, 6.07) is 10.9. The van der Waals surface area contributed by atoms with Crippen LogP contribution in [0.3, 0.4) is 0 Å². The molecule has 0 fully saturated rings. The lowest BCUT2D eigenvalue weighted by molar-refractivity contribution is -0.123. The number of carbonyl (C=O) groups is 1. The molecule has 1 amide bonds. The Morgan fingerprint density at radius 1 is 1.38 bits per heavy atom. The topological polar surface area (TPSA) is 51.2 Å². The third kappa shape index (κ3) is 2.85. The van der Waals surface area contributed by atoms with Crippen molar-refractivity contribution in [3.05, 3.63) is 58.7 Å². The van der Waals surface area contributed by atoms with E-state index in [0.29, 0.717) is 17.5 Å². The number of amides is 1. The maximum atomic E-state index is 12.4. The highest BCUT2D eigenvalue weighted by Gasteiger charge is 2.28. The number of nitrogens with zero attached hydrogens (tertiary/aromatic N) is 1. The number of rotatable bonds is 3. The molecular weight excluding hydrogens is 288 g/mol. The van der Waals surface area contributed by atoms with E-state index in [0.717, 1.165) is 11.1 Å². The number of ether oxygens (including phenoxy) is 1. The van der Waals surface area contributed by atoms with Crippen LogP contribution in [0.5, 0.6) is 5.88 Å². The molecule has 0 radical (unpaired) electrons. The van der Waals surface area contributed by atoms with E-state index in [4.69, 9.17) is 16.3 Å². The summed E-state index contributed by atoms with van der Waals surface area (Å²) in [5, 5.41) is 3.67. The fourth-order valence-corrected chi connectivity index (χ4v) is 2.49. The average molecular weight is 303 g/mol. The molecule has 1 aromatic heterocycles. The van der Waals surface area contributed by atoms with Crippen molar-refractivity contribution in [3.8, 4) is 5.88 Å². The van der Waals surface area contributed by atoms with Gasteiger partial charge < -0.3 is 10.1 Å². The number of fused-ring (bicyclic) bond motifs is 1. The van der Waals surface area contributed by atoms with Gasteiger partial charge in [-0.3, -0.25) is 4.79 Å². The van der Waals surface area contributed by atoms with Crippen molar-refractivity contribution in [2.75, 3.05) is 6.61 Å². The van der Waals surface area contributed by atoms with Gasteiger partial charge in [0.25, 0.3) is 0 Å². The molecule has 0 spiro atoms. The second-order valence-corrected chi connectivity index (χ2v) is 5.48. The summed E-state index contributed by atoms with van der Waals surface area (Å²) >= 11 is 5.87. The first kappa shape index (κ1) is 13.9. The van der Waals surface area contributed by atoms with Gasteiger partial charge in [0.2, 0.25) is 11.8 Å². The van der Waals surface area contributed by atoms with Crippen LogP contribution in [0.1, 0.15) is 30.0 Å². The molecular formula is C16H15ClN2O2. The third-order valence-electron chi connectivity index (χ3n) is 3.64. The van der Waals surface area contributed by atoms with E-state index in [1.807, 2.05) is 31.2 Å². The lowest BCUT2D eigenvalue weighted by Gasteiger charge is -2.16. The number of hydrogen-bond acceptors (Lipinski definition) is 3. The molecule has 0 saturated carbocycles. The van der Waals surface area contributed by atoms with Gasteiger partial charge in [-0.25, -0.2) is 4.98 Å². The smallest absolute Gasteiger partial charge is 0.227 e. The minimum absolute atomic E-state index is 0.0392. The van der Waals surface area contributed by atoms with Gasteiger partial charge in [0.1, 0.15) is 6.61 Å². The maximum absolute atomic E-state index is 12.4. The van der Waals surface area contributed by atoms with Crippen molar-refractivity contribution in [2.24, 2.45) is 0 Å². The summed E-state index contributed by atoms with van der Waals surface area (Å²) in [4.78, 5) is 16.5. The average Bonchev–Trinajstić information content (AvgIpc) is 2.91. The highest BCUT2D eigenvalue weighted by Crippen LogP contribution is 2.30. The summed E-state index contributed by atoms with van der Waals surface area (Å²) in [7, 11) is 0. The van der Waals surface area contributed by atoms with Crippen LogP contribution in [0.15, 0.2) is 42.6 Å². The lowest BCUT2D eigenvalue weighted by atomic mass is 9.99. The van der Waals surface area contributed by atoms with Crippen LogP contribution in [-0.2, 0) is 4.79 Å². The molecule has 108 valence electrons. The summed E-state index contributed by atoms with van der Waals surface area (Å²) in [5.41, 5.74) is 1.86. The van der Waals surface area contributed by atoms with Crippen molar-refractivity contribution in [1.29, 1.82) is 0 Å². The Morgan fingerprint density at radius 2 is 2.14 bits per heavy atom. The van der Waals surface area contributed by atoms with Gasteiger partial charge >= 0.3 is 0 Å². The van der Waals surface area contributed by atoms with Gasteiger partial charge in [-0.1, -0.05) is 23.7 Å². The molecule has 2 aromatic rings. The number of nitrogens with one attached hydrogen (secondary N) is 1. The van der Waals surface area contributed by atoms with Gasteiger partial charge in [0, 0.05) is 16.8 Å². The molecule has 0 aliphatic carbocycles. The maximum Gasteiger partial charge on any atom is 0.227 e. The van der Waals surface area contributed by atoms with Crippen molar-refractivity contribution >= 4 is 17.5 Å². The minimum Gasteiger partial charge on any atom is -0.475 e. The molecule has 1 aromatic carbocycles. The van der Waals surface area contributed by atoms with E-state index in [1.165, 1.54) is 0 Å². The molecule has 4 nitrogen and oxygen atoms in total. The first-order valence-corrected chi connectivity index (χ1v) is 7.16. The van der Waals surface area contributed by atoms with Crippen molar-refractivity contribution in [2.45, 2.75) is 18.9 Å². The largest absolute Gasteiger partial charge is 0.475 e. The Bertz CT molecular complexity index is 658. The number of aromatic nitrogens is 1. The zero-order chi connectivity index (χ0) is 14.8. The minimum atomic E-state index is -0.247. The van der Waals surface area contributed by atoms with Crippen LogP contribution >= 0.6 is 11.6 Å². The Kier molecular flexibility index (Phi) is 3.80. The number of carbonyl (C=O) groups excluding carboxylic acids is 1. The van der Waals surface area contributed by atoms with Crippen LogP contribution in [0.2, 0.25) is 5.02 Å². The normalized spacial score (nSPS) is 17.7. The van der Waals surface area contributed by atoms with Crippen molar-refractivity contribution < 1.29 is 9.53 Å². The van der Waals surface area contributed by atoms with Gasteiger partial charge in [-0.2, -0.15) is 0 Å². The zero-order valence-electron chi connectivity index (χ0n) is 11.5. The predicted molar refractivity (Wildman–Crippen MR) is 80.5 cm³/mol. The summed E-state index contributed by atoms with van der Waals surface area (Å²) in [6.45, 7) is 2.30. The predicted octanol–water partition coefficient (Wildman–Crippen LogP) is 3.09. The van der Waals surface area contributed by atoms with Crippen molar-refractivity contribution in [3.63, 3.8) is 0 Å². The quantitative estimate of drug-likeness (QED) is 0.948.